The van der Waals surface area contributed by atoms with Crippen LogP contribution in [0.25, 0.3) is 22.3 Å². The lowest BCUT2D eigenvalue weighted by atomic mass is 10.1. The highest BCUT2D eigenvalue weighted by atomic mass is 35.5. The molecule has 5 rings (SSSR count). The maximum Gasteiger partial charge on any atom is 0.439 e. The fraction of sp³-hybridized carbons (Fsp3) is 0. The fourth-order valence-corrected chi connectivity index (χ4v) is 3.43. The third-order valence-electron chi connectivity index (χ3n) is 4.74. The van der Waals surface area contributed by atoms with Gasteiger partial charge in [0.25, 0.3) is 11.8 Å². The SMILES string of the molecule is O=C(Nc1ccc(Cl)cc1-c1noc(=O)[nH]1)c1cc2cccc(NC(=O)c3ccno3)c2[nH]1. The zero-order chi connectivity index (χ0) is 22.9. The molecule has 0 unspecified atom stereocenters. The number of nitrogens with one attached hydrogen (secondary N) is 4. The molecule has 11 nitrogen and oxygen atoms in total. The lowest BCUT2D eigenvalue weighted by molar-refractivity contribution is 0.0986. The number of amides is 2. The summed E-state index contributed by atoms with van der Waals surface area (Å²) in [6, 6.07) is 13.0. The van der Waals surface area contributed by atoms with Gasteiger partial charge in [-0.05, 0) is 30.3 Å². The van der Waals surface area contributed by atoms with Crippen LogP contribution in [0.1, 0.15) is 21.0 Å². The molecule has 0 radical (unpaired) electrons. The molecule has 0 saturated carbocycles. The van der Waals surface area contributed by atoms with Crippen molar-refractivity contribution in [2.24, 2.45) is 0 Å². The minimum absolute atomic E-state index is 0.0534. The molecule has 3 aromatic heterocycles. The van der Waals surface area contributed by atoms with Gasteiger partial charge in [-0.25, -0.2) is 4.79 Å². The third-order valence-corrected chi connectivity index (χ3v) is 4.97. The highest BCUT2D eigenvalue weighted by Crippen LogP contribution is 2.29. The minimum Gasteiger partial charge on any atom is -0.351 e. The molecule has 2 aromatic carbocycles. The van der Waals surface area contributed by atoms with Gasteiger partial charge >= 0.3 is 5.76 Å². The summed E-state index contributed by atoms with van der Waals surface area (Å²) < 4.78 is 9.41. The second-order valence-corrected chi connectivity index (χ2v) is 7.31. The van der Waals surface area contributed by atoms with E-state index in [1.54, 1.807) is 36.4 Å². The average Bonchev–Trinajstić information content (AvgIpc) is 3.55. The van der Waals surface area contributed by atoms with Crippen molar-refractivity contribution in [3.63, 3.8) is 0 Å². The van der Waals surface area contributed by atoms with Crippen LogP contribution in [0.15, 0.2) is 68.6 Å². The van der Waals surface area contributed by atoms with E-state index in [1.807, 2.05) is 0 Å². The summed E-state index contributed by atoms with van der Waals surface area (Å²) in [6.45, 7) is 0. The van der Waals surface area contributed by atoms with Crippen LogP contribution in [0.2, 0.25) is 5.02 Å². The van der Waals surface area contributed by atoms with Crippen molar-refractivity contribution in [3.05, 3.63) is 81.8 Å². The lowest BCUT2D eigenvalue weighted by Gasteiger charge is -2.09. The maximum absolute atomic E-state index is 13.0. The van der Waals surface area contributed by atoms with E-state index in [2.05, 4.69) is 35.4 Å². The Bertz CT molecular complexity index is 1550. The quantitative estimate of drug-likeness (QED) is 0.309. The van der Waals surface area contributed by atoms with E-state index in [-0.39, 0.29) is 17.3 Å². The van der Waals surface area contributed by atoms with Crippen LogP contribution in [0.4, 0.5) is 11.4 Å². The number of aromatic amines is 2. The van der Waals surface area contributed by atoms with Gasteiger partial charge in [-0.1, -0.05) is 34.0 Å². The Balaban J connectivity index is 1.44. The van der Waals surface area contributed by atoms with E-state index >= 15 is 0 Å². The number of halogens is 1. The van der Waals surface area contributed by atoms with Crippen LogP contribution < -0.4 is 16.4 Å². The average molecular weight is 465 g/mol. The van der Waals surface area contributed by atoms with Crippen molar-refractivity contribution >= 4 is 45.7 Å². The van der Waals surface area contributed by atoms with Gasteiger partial charge < -0.3 is 20.1 Å². The summed E-state index contributed by atoms with van der Waals surface area (Å²) >= 11 is 6.06. The van der Waals surface area contributed by atoms with Gasteiger partial charge in [0.1, 0.15) is 5.69 Å². The molecule has 5 aromatic rings. The molecule has 12 heteroatoms. The summed E-state index contributed by atoms with van der Waals surface area (Å²) in [7, 11) is 0. The number of H-pyrrole nitrogens is 2. The zero-order valence-corrected chi connectivity index (χ0v) is 17.3. The molecule has 0 saturated heterocycles. The van der Waals surface area contributed by atoms with E-state index in [4.69, 9.17) is 16.1 Å². The molecule has 0 aliphatic heterocycles. The van der Waals surface area contributed by atoms with Crippen molar-refractivity contribution in [2.75, 3.05) is 10.6 Å². The Hall–Kier alpha value is -4.64. The third kappa shape index (κ3) is 4.00. The molecule has 2 amide bonds. The molecule has 0 bridgehead atoms. The largest absolute Gasteiger partial charge is 0.439 e. The van der Waals surface area contributed by atoms with Crippen LogP contribution in [-0.4, -0.2) is 32.1 Å². The van der Waals surface area contributed by atoms with Gasteiger partial charge in [0.15, 0.2) is 5.82 Å². The topological polar surface area (TPSA) is 159 Å². The number of anilines is 2. The summed E-state index contributed by atoms with van der Waals surface area (Å²) in [4.78, 5) is 42.1. The number of para-hydroxylation sites is 1. The second-order valence-electron chi connectivity index (χ2n) is 6.87. The predicted octanol–water partition coefficient (Wildman–Crippen LogP) is 3.66. The smallest absolute Gasteiger partial charge is 0.351 e. The van der Waals surface area contributed by atoms with E-state index in [0.29, 0.717) is 32.9 Å². The monoisotopic (exact) mass is 464 g/mol. The lowest BCUT2D eigenvalue weighted by Crippen LogP contribution is -2.13. The molecular weight excluding hydrogens is 452 g/mol. The Labute approximate surface area is 188 Å². The summed E-state index contributed by atoms with van der Waals surface area (Å²) in [5.74, 6) is -1.51. The van der Waals surface area contributed by atoms with Gasteiger partial charge in [-0.15, -0.1) is 0 Å². The number of hydrogen-bond donors (Lipinski definition) is 4. The molecule has 0 aliphatic carbocycles. The van der Waals surface area contributed by atoms with Crippen molar-refractivity contribution < 1.29 is 18.6 Å². The van der Waals surface area contributed by atoms with Crippen LogP contribution in [0.5, 0.6) is 0 Å². The van der Waals surface area contributed by atoms with Crippen molar-refractivity contribution in [2.45, 2.75) is 0 Å². The van der Waals surface area contributed by atoms with Gasteiger partial charge in [-0.3, -0.25) is 19.1 Å². The molecular formula is C21H13ClN6O5. The standard InChI is InChI=1S/C21H13ClN6O5/c22-11-4-5-13(12(9-11)18-27-21(31)33-28-18)25-19(29)15-8-10-2-1-3-14(17(10)24-15)26-20(30)16-6-7-23-32-16/h1-9,24H,(H,25,29)(H,26,30)(H,27,28,31). The number of rotatable bonds is 5. The number of benzene rings is 2. The molecule has 0 fully saturated rings. The summed E-state index contributed by atoms with van der Waals surface area (Å²) in [6.07, 6.45) is 1.37. The van der Waals surface area contributed by atoms with Crippen LogP contribution in [-0.2, 0) is 0 Å². The van der Waals surface area contributed by atoms with Crippen molar-refractivity contribution in [1.29, 1.82) is 0 Å². The number of aromatic nitrogens is 4. The number of hydrogen-bond acceptors (Lipinski definition) is 7. The first-order chi connectivity index (χ1) is 16.0. The van der Waals surface area contributed by atoms with E-state index in [9.17, 15) is 14.4 Å². The first-order valence-corrected chi connectivity index (χ1v) is 9.87. The number of carbonyl (C=O) groups is 2. The van der Waals surface area contributed by atoms with Gasteiger partial charge in [0.2, 0.25) is 5.76 Å². The Morgan fingerprint density at radius 2 is 1.79 bits per heavy atom. The maximum atomic E-state index is 13.0. The molecule has 0 aliphatic rings. The Morgan fingerprint density at radius 3 is 2.55 bits per heavy atom. The van der Waals surface area contributed by atoms with Gasteiger partial charge in [0, 0.05) is 22.0 Å². The molecule has 3 heterocycles. The highest BCUT2D eigenvalue weighted by molar-refractivity contribution is 6.31. The van der Waals surface area contributed by atoms with E-state index < -0.39 is 17.6 Å². The molecule has 0 spiro atoms. The van der Waals surface area contributed by atoms with Gasteiger partial charge in [-0.2, -0.15) is 0 Å². The van der Waals surface area contributed by atoms with E-state index in [1.165, 1.54) is 18.3 Å². The zero-order valence-electron chi connectivity index (χ0n) is 16.5. The van der Waals surface area contributed by atoms with E-state index in [0.717, 1.165) is 0 Å². The van der Waals surface area contributed by atoms with Crippen LogP contribution >= 0.6 is 11.6 Å². The van der Waals surface area contributed by atoms with Gasteiger partial charge in [0.05, 0.1) is 23.1 Å². The molecule has 164 valence electrons. The number of nitrogens with zero attached hydrogens (tertiary/aromatic N) is 2. The van der Waals surface area contributed by atoms with Crippen LogP contribution in [0, 0.1) is 0 Å². The highest BCUT2D eigenvalue weighted by Gasteiger charge is 2.18. The normalized spacial score (nSPS) is 10.9. The summed E-state index contributed by atoms with van der Waals surface area (Å²) in [5, 5.41) is 13.7. The second kappa shape index (κ2) is 8.13. The first kappa shape index (κ1) is 20.3. The number of fused-ring (bicyclic) bond motifs is 1. The molecule has 33 heavy (non-hydrogen) atoms. The Kier molecular flexibility index (Phi) is 4.99. The Morgan fingerprint density at radius 1 is 0.939 bits per heavy atom. The molecule has 0 atom stereocenters. The van der Waals surface area contributed by atoms with Crippen LogP contribution in [0.3, 0.4) is 0 Å². The fourth-order valence-electron chi connectivity index (χ4n) is 3.26. The summed E-state index contributed by atoms with van der Waals surface area (Å²) in [5.41, 5.74) is 1.97. The minimum atomic E-state index is -0.738. The molecule has 4 N–H and O–H groups in total. The van der Waals surface area contributed by atoms with Crippen molar-refractivity contribution in [1.82, 2.24) is 20.3 Å². The number of carbonyl (C=O) groups excluding carboxylic acids is 2. The van der Waals surface area contributed by atoms with Crippen molar-refractivity contribution in [3.8, 4) is 11.4 Å². The first-order valence-electron chi connectivity index (χ1n) is 9.49. The predicted molar refractivity (Wildman–Crippen MR) is 118 cm³/mol.